The molecule has 0 radical (unpaired) electrons. The molecule has 36 heavy (non-hydrogen) atoms. The van der Waals surface area contributed by atoms with E-state index in [2.05, 4.69) is 5.32 Å². The van der Waals surface area contributed by atoms with E-state index in [1.165, 1.54) is 20.3 Å². The Balaban J connectivity index is 1.48. The van der Waals surface area contributed by atoms with Gasteiger partial charge >= 0.3 is 5.97 Å². The fourth-order valence-corrected chi connectivity index (χ4v) is 3.81. The smallest absolute Gasteiger partial charge is 0.343 e. The molecular weight excluding hydrogens is 484 g/mol. The summed E-state index contributed by atoms with van der Waals surface area (Å²) in [6, 6.07) is 18.3. The Hall–Kier alpha value is -4.30. The largest absolute Gasteiger partial charge is 0.497 e. The van der Waals surface area contributed by atoms with Crippen LogP contribution in [-0.4, -0.2) is 32.0 Å². The Morgan fingerprint density at radius 1 is 0.889 bits per heavy atom. The predicted octanol–water partition coefficient (Wildman–Crippen LogP) is 4.92. The molecule has 0 aromatic heterocycles. The summed E-state index contributed by atoms with van der Waals surface area (Å²) >= 11 is 6.23. The number of carbonyl (C=O) groups is 3. The van der Waals surface area contributed by atoms with Gasteiger partial charge in [0.2, 0.25) is 0 Å². The van der Waals surface area contributed by atoms with Crippen LogP contribution in [0.25, 0.3) is 0 Å². The predicted molar refractivity (Wildman–Crippen MR) is 136 cm³/mol. The van der Waals surface area contributed by atoms with E-state index in [9.17, 15) is 14.4 Å². The fraction of sp³-hybridized carbons (Fsp3) is 0.148. The highest BCUT2D eigenvalue weighted by Gasteiger charge is 2.40. The molecule has 4 rings (SSSR count). The summed E-state index contributed by atoms with van der Waals surface area (Å²) < 4.78 is 15.9. The van der Waals surface area contributed by atoms with Crippen LogP contribution in [0.15, 0.2) is 77.5 Å². The number of rotatable bonds is 8. The highest BCUT2D eigenvalue weighted by molar-refractivity contribution is 6.53. The van der Waals surface area contributed by atoms with Gasteiger partial charge in [0, 0.05) is 11.8 Å². The fourth-order valence-electron chi connectivity index (χ4n) is 3.59. The van der Waals surface area contributed by atoms with Gasteiger partial charge in [-0.15, -0.1) is 0 Å². The maximum Gasteiger partial charge on any atom is 0.343 e. The Morgan fingerprint density at radius 3 is 2.17 bits per heavy atom. The SMILES string of the molecule is CCc1ccc(OC(=O)c2ccc(NC3=C(Cl)C(=O)N(c4ccc(OC)cc4OC)C3=O)cc2)cc1. The second-order valence-corrected chi connectivity index (χ2v) is 8.14. The number of nitrogens with zero attached hydrogens (tertiary/aromatic N) is 1. The van der Waals surface area contributed by atoms with Crippen LogP contribution in [0.3, 0.4) is 0 Å². The first-order valence-electron chi connectivity index (χ1n) is 11.0. The molecule has 1 N–H and O–H groups in total. The van der Waals surface area contributed by atoms with Crippen molar-refractivity contribution in [3.63, 3.8) is 0 Å². The van der Waals surface area contributed by atoms with Crippen molar-refractivity contribution in [3.05, 3.63) is 88.6 Å². The van der Waals surface area contributed by atoms with E-state index < -0.39 is 17.8 Å². The number of methoxy groups -OCH3 is 2. The molecule has 0 bridgehead atoms. The van der Waals surface area contributed by atoms with Gasteiger partial charge in [-0.1, -0.05) is 30.7 Å². The molecule has 0 spiro atoms. The number of nitrogens with one attached hydrogen (secondary N) is 1. The van der Waals surface area contributed by atoms with E-state index >= 15 is 0 Å². The summed E-state index contributed by atoms with van der Waals surface area (Å²) in [6.45, 7) is 2.04. The lowest BCUT2D eigenvalue weighted by molar-refractivity contribution is -0.120. The summed E-state index contributed by atoms with van der Waals surface area (Å²) in [4.78, 5) is 39.3. The van der Waals surface area contributed by atoms with E-state index in [1.54, 1.807) is 48.5 Å². The van der Waals surface area contributed by atoms with E-state index in [0.717, 1.165) is 16.9 Å². The third-order valence-corrected chi connectivity index (χ3v) is 5.94. The van der Waals surface area contributed by atoms with Gasteiger partial charge in [-0.3, -0.25) is 9.59 Å². The monoisotopic (exact) mass is 506 g/mol. The lowest BCUT2D eigenvalue weighted by Crippen LogP contribution is -2.32. The van der Waals surface area contributed by atoms with Crippen LogP contribution in [0.2, 0.25) is 0 Å². The average Bonchev–Trinajstić information content (AvgIpc) is 3.11. The molecule has 0 saturated carbocycles. The van der Waals surface area contributed by atoms with Crippen molar-refractivity contribution in [2.75, 3.05) is 24.4 Å². The van der Waals surface area contributed by atoms with Crippen molar-refractivity contribution in [2.24, 2.45) is 0 Å². The minimum absolute atomic E-state index is 0.0918. The first-order chi connectivity index (χ1) is 17.4. The van der Waals surface area contributed by atoms with E-state index in [0.29, 0.717) is 22.7 Å². The van der Waals surface area contributed by atoms with Crippen molar-refractivity contribution in [1.82, 2.24) is 0 Å². The van der Waals surface area contributed by atoms with Gasteiger partial charge in [0.25, 0.3) is 11.8 Å². The van der Waals surface area contributed by atoms with Crippen molar-refractivity contribution >= 4 is 40.8 Å². The number of hydrogen-bond acceptors (Lipinski definition) is 7. The Kier molecular flexibility index (Phi) is 7.26. The molecule has 0 saturated heterocycles. The van der Waals surface area contributed by atoms with Gasteiger partial charge in [0.1, 0.15) is 28.0 Å². The van der Waals surface area contributed by atoms with Crippen LogP contribution in [0.1, 0.15) is 22.8 Å². The summed E-state index contributed by atoms with van der Waals surface area (Å²) in [5.74, 6) is -0.638. The number of ether oxygens (including phenoxy) is 3. The molecule has 3 aromatic carbocycles. The van der Waals surface area contributed by atoms with Gasteiger partial charge in [-0.25, -0.2) is 9.69 Å². The van der Waals surface area contributed by atoms with Gasteiger partial charge in [-0.2, -0.15) is 0 Å². The quantitative estimate of drug-likeness (QED) is 0.263. The molecule has 2 amide bonds. The molecule has 184 valence electrons. The Bertz CT molecular complexity index is 1350. The highest BCUT2D eigenvalue weighted by atomic mass is 35.5. The van der Waals surface area contributed by atoms with Crippen LogP contribution in [0, 0.1) is 0 Å². The van der Waals surface area contributed by atoms with Crippen molar-refractivity contribution < 1.29 is 28.6 Å². The van der Waals surface area contributed by atoms with E-state index in [1.807, 2.05) is 19.1 Å². The number of imide groups is 1. The number of esters is 1. The molecule has 1 aliphatic rings. The van der Waals surface area contributed by atoms with Crippen LogP contribution >= 0.6 is 11.6 Å². The zero-order chi connectivity index (χ0) is 25.8. The molecule has 0 unspecified atom stereocenters. The molecular formula is C27H23ClN2O6. The number of amides is 2. The Morgan fingerprint density at radius 2 is 1.56 bits per heavy atom. The zero-order valence-electron chi connectivity index (χ0n) is 19.8. The molecule has 0 aliphatic carbocycles. The average molecular weight is 507 g/mol. The normalized spacial score (nSPS) is 13.2. The number of halogens is 1. The van der Waals surface area contributed by atoms with Gasteiger partial charge in [0.05, 0.1) is 25.5 Å². The number of anilines is 2. The molecule has 3 aromatic rings. The molecule has 0 fully saturated rings. The molecule has 0 atom stereocenters. The lowest BCUT2D eigenvalue weighted by atomic mass is 10.1. The second-order valence-electron chi connectivity index (χ2n) is 7.76. The standard InChI is InChI=1S/C27H23ClN2O6/c1-4-16-5-11-19(12-6-16)36-27(33)17-7-9-18(10-8-17)29-24-23(28)25(31)30(26(24)32)21-14-13-20(34-2)15-22(21)35-3/h5-15,29H,4H2,1-3H3. The second kappa shape index (κ2) is 10.5. The minimum atomic E-state index is -0.693. The first-order valence-corrected chi connectivity index (χ1v) is 11.4. The van der Waals surface area contributed by atoms with Crippen molar-refractivity contribution in [1.29, 1.82) is 0 Å². The number of hydrogen-bond donors (Lipinski definition) is 1. The van der Waals surface area contributed by atoms with Crippen LogP contribution < -0.4 is 24.4 Å². The Labute approximate surface area is 213 Å². The molecule has 9 heteroatoms. The van der Waals surface area contributed by atoms with E-state index in [4.69, 9.17) is 25.8 Å². The van der Waals surface area contributed by atoms with E-state index in [-0.39, 0.29) is 22.2 Å². The summed E-state index contributed by atoms with van der Waals surface area (Å²) in [5.41, 5.74) is 2.05. The first kappa shape index (κ1) is 24.8. The lowest BCUT2D eigenvalue weighted by Gasteiger charge is -2.18. The molecule has 1 aliphatic heterocycles. The maximum atomic E-state index is 13.1. The van der Waals surface area contributed by atoms with Gasteiger partial charge < -0.3 is 19.5 Å². The minimum Gasteiger partial charge on any atom is -0.497 e. The molecule has 1 heterocycles. The van der Waals surface area contributed by atoms with Crippen molar-refractivity contribution in [2.45, 2.75) is 13.3 Å². The summed E-state index contributed by atoms with van der Waals surface area (Å²) in [5, 5.41) is 2.61. The summed E-state index contributed by atoms with van der Waals surface area (Å²) in [7, 11) is 2.92. The van der Waals surface area contributed by atoms with Gasteiger partial charge in [-0.05, 0) is 60.5 Å². The number of aryl methyl sites for hydroxylation is 1. The highest BCUT2D eigenvalue weighted by Crippen LogP contribution is 2.37. The molecule has 8 nitrogen and oxygen atoms in total. The third kappa shape index (κ3) is 4.89. The van der Waals surface area contributed by atoms with Crippen LogP contribution in [0.5, 0.6) is 17.2 Å². The third-order valence-electron chi connectivity index (χ3n) is 5.59. The van der Waals surface area contributed by atoms with Crippen LogP contribution in [-0.2, 0) is 16.0 Å². The summed E-state index contributed by atoms with van der Waals surface area (Å²) in [6.07, 6.45) is 0.892. The van der Waals surface area contributed by atoms with Crippen molar-refractivity contribution in [3.8, 4) is 17.2 Å². The van der Waals surface area contributed by atoms with Crippen LogP contribution in [0.4, 0.5) is 11.4 Å². The zero-order valence-corrected chi connectivity index (χ0v) is 20.6. The maximum absolute atomic E-state index is 13.1. The number of benzene rings is 3. The topological polar surface area (TPSA) is 94.2 Å². The van der Waals surface area contributed by atoms with Gasteiger partial charge in [0.15, 0.2) is 0 Å². The number of carbonyl (C=O) groups excluding carboxylic acids is 3.